The van der Waals surface area contributed by atoms with Crippen molar-refractivity contribution in [1.29, 1.82) is 0 Å². The van der Waals surface area contributed by atoms with E-state index in [1.165, 1.54) is 12.1 Å². The van der Waals surface area contributed by atoms with Crippen LogP contribution in [0.5, 0.6) is 23.0 Å². The largest absolute Gasteiger partial charge is 0.506 e. The number of phenols is 4. The van der Waals surface area contributed by atoms with Crippen LogP contribution in [-0.4, -0.2) is 32.2 Å². The Balaban J connectivity index is 0.000000201. The number of benzene rings is 8. The summed E-state index contributed by atoms with van der Waals surface area (Å²) in [7, 11) is 0. The van der Waals surface area contributed by atoms with Crippen molar-refractivity contribution in [1.82, 2.24) is 0 Å². The summed E-state index contributed by atoms with van der Waals surface area (Å²) in [5.74, 6) is -1.52. The van der Waals surface area contributed by atoms with Gasteiger partial charge in [0, 0.05) is 39.2 Å². The van der Waals surface area contributed by atoms with Crippen molar-refractivity contribution in [2.24, 2.45) is 20.5 Å². The maximum atomic E-state index is 12.9. The molecule has 0 aliphatic heterocycles. The molecule has 8 aromatic rings. The maximum absolute atomic E-state index is 12.9. The molecule has 0 saturated heterocycles. The number of para-hydroxylation sites is 4. The number of fused-ring (bicyclic) bond motifs is 2. The predicted molar refractivity (Wildman–Crippen MR) is 234 cm³/mol. The number of carbonyl (C=O) groups is 2. The molecule has 0 heterocycles. The summed E-state index contributed by atoms with van der Waals surface area (Å²) >= 11 is 0. The van der Waals surface area contributed by atoms with Crippen LogP contribution in [0.4, 0.5) is 34.1 Å². The van der Waals surface area contributed by atoms with Gasteiger partial charge < -0.3 is 31.1 Å². The van der Waals surface area contributed by atoms with E-state index in [2.05, 4.69) is 31.1 Å². The number of aromatic hydroxyl groups is 4. The van der Waals surface area contributed by atoms with E-state index in [9.17, 15) is 30.0 Å². The van der Waals surface area contributed by atoms with Crippen LogP contribution in [0.25, 0.3) is 21.5 Å². The molecule has 0 atom stereocenters. The fourth-order valence-corrected chi connectivity index (χ4v) is 6.29. The Morgan fingerprint density at radius 2 is 0.787 bits per heavy atom. The number of azo groups is 2. The summed E-state index contributed by atoms with van der Waals surface area (Å²) in [6, 6.07) is 45.6. The molecule has 0 spiro atoms. The first-order chi connectivity index (χ1) is 29.1. The first-order valence-electron chi connectivity index (χ1n) is 18.7. The Morgan fingerprint density at radius 1 is 0.443 bits per heavy atom. The maximum Gasteiger partial charge on any atom is 0.259 e. The van der Waals surface area contributed by atoms with Gasteiger partial charge >= 0.3 is 0 Å². The molecular formula is C48H38FeN6O6. The number of hydrogen-bond donors (Lipinski definition) is 6. The van der Waals surface area contributed by atoms with Crippen molar-refractivity contribution in [3.8, 4) is 23.0 Å². The predicted octanol–water partition coefficient (Wildman–Crippen LogP) is 12.5. The molecule has 0 fully saturated rings. The van der Waals surface area contributed by atoms with Gasteiger partial charge in [0.05, 0.1) is 11.1 Å². The van der Waals surface area contributed by atoms with Gasteiger partial charge in [0.1, 0.15) is 34.2 Å². The smallest absolute Gasteiger partial charge is 0.259 e. The van der Waals surface area contributed by atoms with Crippen LogP contribution in [0.1, 0.15) is 31.8 Å². The molecule has 304 valence electrons. The Morgan fingerprint density at radius 3 is 1.18 bits per heavy atom. The molecule has 13 heteroatoms. The molecule has 0 unspecified atom stereocenters. The molecule has 12 nitrogen and oxygen atoms in total. The standard InChI is InChI=1S/2C24H19N3O3.Fe/c2*1-15-8-2-5-11-19(15)25-24(30)18-14-16-9-3-4-10-17(16)22(23(18)29)27-26-20-12-6-7-13-21(20)28;/h2*2-14,28-29H,1H3,(H,25,30);. The molecule has 0 aliphatic rings. The second-order valence-corrected chi connectivity index (χ2v) is 13.6. The summed E-state index contributed by atoms with van der Waals surface area (Å²) < 4.78 is 0. The van der Waals surface area contributed by atoms with Crippen LogP contribution in [0.15, 0.2) is 178 Å². The van der Waals surface area contributed by atoms with E-state index in [1.807, 2.05) is 86.6 Å². The Hall–Kier alpha value is -7.86. The number of amides is 2. The van der Waals surface area contributed by atoms with E-state index in [0.29, 0.717) is 22.1 Å². The fourth-order valence-electron chi connectivity index (χ4n) is 6.29. The van der Waals surface area contributed by atoms with Gasteiger partial charge in [-0.3, -0.25) is 9.59 Å². The second kappa shape index (κ2) is 19.3. The number of hydrogen-bond acceptors (Lipinski definition) is 10. The van der Waals surface area contributed by atoms with Crippen LogP contribution in [-0.2, 0) is 17.1 Å². The number of nitrogens with zero attached hydrogens (tertiary/aromatic N) is 4. The molecule has 0 aliphatic carbocycles. The van der Waals surface area contributed by atoms with E-state index in [4.69, 9.17) is 0 Å². The SMILES string of the molecule is Cc1ccccc1NC(=O)c1cc2ccccc2c(N=Nc2ccccc2O)c1O.Cc1ccccc1NC(=O)c1cc2ccccc2c(N=Nc2ccccc2O)c1O.[Fe]. The second-order valence-electron chi connectivity index (χ2n) is 13.6. The minimum absolute atomic E-state index is 0. The van der Waals surface area contributed by atoms with Gasteiger partial charge in [0.15, 0.2) is 11.5 Å². The van der Waals surface area contributed by atoms with Gasteiger partial charge in [-0.05, 0) is 84.3 Å². The van der Waals surface area contributed by atoms with Crippen LogP contribution in [0.2, 0.25) is 0 Å². The molecular weight excluding hydrogens is 812 g/mol. The van der Waals surface area contributed by atoms with Crippen LogP contribution in [0, 0.1) is 13.8 Å². The van der Waals surface area contributed by atoms with Gasteiger partial charge in [-0.1, -0.05) is 109 Å². The van der Waals surface area contributed by atoms with Crippen molar-refractivity contribution < 1.29 is 47.1 Å². The first-order valence-corrected chi connectivity index (χ1v) is 18.7. The minimum Gasteiger partial charge on any atom is -0.506 e. The zero-order valence-corrected chi connectivity index (χ0v) is 33.9. The zero-order valence-electron chi connectivity index (χ0n) is 32.8. The van der Waals surface area contributed by atoms with Crippen LogP contribution < -0.4 is 10.6 Å². The number of nitrogens with one attached hydrogen (secondary N) is 2. The van der Waals surface area contributed by atoms with Crippen molar-refractivity contribution >= 4 is 67.5 Å². The molecule has 6 N–H and O–H groups in total. The molecule has 61 heavy (non-hydrogen) atoms. The summed E-state index contributed by atoms with van der Waals surface area (Å²) in [5, 5.41) is 66.5. The number of aryl methyl sites for hydroxylation is 2. The molecule has 8 rings (SSSR count). The average molecular weight is 851 g/mol. The monoisotopic (exact) mass is 850 g/mol. The van der Waals surface area contributed by atoms with E-state index < -0.39 is 11.8 Å². The fraction of sp³-hybridized carbons (Fsp3) is 0.0417. The third kappa shape index (κ3) is 9.72. The van der Waals surface area contributed by atoms with Gasteiger partial charge in [-0.15, -0.1) is 20.5 Å². The van der Waals surface area contributed by atoms with E-state index in [-0.39, 0.29) is 73.9 Å². The normalized spacial score (nSPS) is 10.9. The van der Waals surface area contributed by atoms with Crippen molar-refractivity contribution in [3.05, 3.63) is 180 Å². The number of phenolic OH excluding ortho intramolecular Hbond substituents is 4. The van der Waals surface area contributed by atoms with E-state index >= 15 is 0 Å². The number of rotatable bonds is 8. The summed E-state index contributed by atoms with van der Waals surface area (Å²) in [4.78, 5) is 25.9. The zero-order chi connectivity index (χ0) is 42.2. The van der Waals surface area contributed by atoms with Gasteiger partial charge in [-0.2, -0.15) is 0 Å². The quantitative estimate of drug-likeness (QED) is 0.0651. The summed E-state index contributed by atoms with van der Waals surface area (Å²) in [6.07, 6.45) is 0. The first kappa shape index (κ1) is 42.7. The van der Waals surface area contributed by atoms with E-state index in [0.717, 1.165) is 21.9 Å². The molecule has 0 radical (unpaired) electrons. The molecule has 0 aromatic heterocycles. The Kier molecular flexibility index (Phi) is 13.5. The van der Waals surface area contributed by atoms with Crippen molar-refractivity contribution in [2.75, 3.05) is 10.6 Å². The summed E-state index contributed by atoms with van der Waals surface area (Å²) in [6.45, 7) is 3.78. The molecule has 2 amide bonds. The molecule has 0 bridgehead atoms. The average Bonchev–Trinajstić information content (AvgIpc) is 3.25. The Labute approximate surface area is 361 Å². The third-order valence-corrected chi connectivity index (χ3v) is 9.55. The van der Waals surface area contributed by atoms with Crippen LogP contribution >= 0.6 is 0 Å². The number of anilines is 2. The minimum atomic E-state index is -0.452. The third-order valence-electron chi connectivity index (χ3n) is 9.55. The molecule has 0 saturated carbocycles. The Bertz CT molecular complexity index is 2770. The van der Waals surface area contributed by atoms with Crippen LogP contribution in [0.3, 0.4) is 0 Å². The van der Waals surface area contributed by atoms with Gasteiger partial charge in [0.2, 0.25) is 0 Å². The van der Waals surface area contributed by atoms with Crippen molar-refractivity contribution in [2.45, 2.75) is 13.8 Å². The molecule has 8 aromatic carbocycles. The topological polar surface area (TPSA) is 189 Å². The van der Waals surface area contributed by atoms with E-state index in [1.54, 1.807) is 72.8 Å². The van der Waals surface area contributed by atoms with Gasteiger partial charge in [0.25, 0.3) is 11.8 Å². The van der Waals surface area contributed by atoms with Crippen molar-refractivity contribution in [3.63, 3.8) is 0 Å². The summed E-state index contributed by atoms with van der Waals surface area (Å²) in [5.41, 5.74) is 4.14. The number of carbonyl (C=O) groups excluding carboxylic acids is 2. The van der Waals surface area contributed by atoms with Gasteiger partial charge in [-0.25, -0.2) is 0 Å².